The van der Waals surface area contributed by atoms with Gasteiger partial charge in [-0.3, -0.25) is 13.3 Å². The maximum Gasteiger partial charge on any atom is 0.245 e. The molecule has 3 rings (SSSR count). The van der Waals surface area contributed by atoms with Crippen molar-refractivity contribution in [1.29, 1.82) is 0 Å². The van der Waals surface area contributed by atoms with E-state index in [-0.39, 0.29) is 11.4 Å². The van der Waals surface area contributed by atoms with E-state index in [0.717, 1.165) is 21.3 Å². The molecule has 0 saturated heterocycles. The lowest BCUT2D eigenvalue weighted by Crippen LogP contribution is -2.40. The molecule has 4 nitrogen and oxygen atoms in total. The molecule has 0 saturated carbocycles. The Morgan fingerprint density at radius 2 is 1.58 bits per heavy atom. The summed E-state index contributed by atoms with van der Waals surface area (Å²) in [6, 6.07) is 16.1. The standard InChI is InChI=1S/C19H23N3OS/c1-19(2,3)20-13-18(23)22-15-10-6-5-9-14(15)21(4)24-17-12-8-7-11-16(17)22/h5-12,20H,13H2,1-4H3. The van der Waals surface area contributed by atoms with Crippen LogP contribution < -0.4 is 5.32 Å². The van der Waals surface area contributed by atoms with Gasteiger partial charge in [-0.1, -0.05) is 35.8 Å². The van der Waals surface area contributed by atoms with Gasteiger partial charge >= 0.3 is 0 Å². The summed E-state index contributed by atoms with van der Waals surface area (Å²) >= 11 is 1.64. The smallest absolute Gasteiger partial charge is 0.245 e. The number of hydrogen-bond donors (Lipinski definition) is 1. The molecule has 0 atom stereocenters. The third kappa shape index (κ3) is 3.37. The van der Waals surface area contributed by atoms with Crippen LogP contribution in [0.4, 0.5) is 0 Å². The van der Waals surface area contributed by atoms with E-state index in [4.69, 9.17) is 0 Å². The number of aromatic nitrogens is 2. The largest absolute Gasteiger partial charge is 0.304 e. The fourth-order valence-electron chi connectivity index (χ4n) is 2.65. The molecule has 0 spiro atoms. The molecule has 24 heavy (non-hydrogen) atoms. The zero-order chi connectivity index (χ0) is 17.3. The minimum absolute atomic E-state index is 0.0423. The van der Waals surface area contributed by atoms with Crippen LogP contribution >= 0.6 is 11.5 Å². The van der Waals surface area contributed by atoms with E-state index in [9.17, 15) is 4.79 Å². The van der Waals surface area contributed by atoms with Gasteiger partial charge in [-0.2, -0.15) is 0 Å². The second-order valence-corrected chi connectivity index (χ2v) is 8.05. The normalized spacial score (nSPS) is 11.8. The van der Waals surface area contributed by atoms with E-state index < -0.39 is 0 Å². The molecule has 0 aliphatic rings. The van der Waals surface area contributed by atoms with Gasteiger partial charge in [-0.25, -0.2) is 0 Å². The molecule has 126 valence electrons. The summed E-state index contributed by atoms with van der Waals surface area (Å²) in [4.78, 5) is 13.1. The maximum atomic E-state index is 13.1. The average molecular weight is 341 g/mol. The highest BCUT2D eigenvalue weighted by Crippen LogP contribution is 2.23. The van der Waals surface area contributed by atoms with Gasteiger partial charge in [-0.05, 0) is 45.0 Å². The first kappa shape index (κ1) is 16.7. The zero-order valence-electron chi connectivity index (χ0n) is 14.5. The van der Waals surface area contributed by atoms with Crippen LogP contribution in [0.5, 0.6) is 0 Å². The monoisotopic (exact) mass is 341 g/mol. The van der Waals surface area contributed by atoms with Crippen LogP contribution in [0.2, 0.25) is 0 Å². The molecular weight excluding hydrogens is 318 g/mol. The van der Waals surface area contributed by atoms with E-state index in [2.05, 4.69) is 36.1 Å². The Morgan fingerprint density at radius 3 is 2.25 bits per heavy atom. The molecule has 0 unspecified atom stereocenters. The topological polar surface area (TPSA) is 39.0 Å². The van der Waals surface area contributed by atoms with Crippen molar-refractivity contribution in [2.24, 2.45) is 7.05 Å². The minimum atomic E-state index is -0.105. The summed E-state index contributed by atoms with van der Waals surface area (Å²) in [6.07, 6.45) is 0. The molecule has 1 aromatic heterocycles. The summed E-state index contributed by atoms with van der Waals surface area (Å²) < 4.78 is 5.01. The molecule has 1 heterocycles. The molecule has 0 aliphatic heterocycles. The van der Waals surface area contributed by atoms with Crippen molar-refractivity contribution in [1.82, 2.24) is 13.8 Å². The number of carbonyl (C=O) groups is 1. The SMILES string of the molecule is Cn1sc2ccccc2n(C(=O)CNC(C)(C)C)c2ccccc21. The molecule has 0 bridgehead atoms. The maximum absolute atomic E-state index is 13.1. The van der Waals surface area contributed by atoms with Gasteiger partial charge in [0.25, 0.3) is 0 Å². The Morgan fingerprint density at radius 1 is 1.00 bits per heavy atom. The highest BCUT2D eigenvalue weighted by atomic mass is 32.1. The first-order valence-electron chi connectivity index (χ1n) is 8.04. The summed E-state index contributed by atoms with van der Waals surface area (Å²) in [6.45, 7) is 6.48. The van der Waals surface area contributed by atoms with Crippen molar-refractivity contribution in [3.05, 3.63) is 48.5 Å². The minimum Gasteiger partial charge on any atom is -0.304 e. The Hall–Kier alpha value is -2.11. The summed E-state index contributed by atoms with van der Waals surface area (Å²) in [5.41, 5.74) is 2.77. The second-order valence-electron chi connectivity index (χ2n) is 6.88. The number of hydrogen-bond acceptors (Lipinski definition) is 3. The first-order chi connectivity index (χ1) is 11.4. The molecule has 0 radical (unpaired) electrons. The van der Waals surface area contributed by atoms with Crippen LogP contribution in [0, 0.1) is 0 Å². The molecule has 0 fully saturated rings. The predicted molar refractivity (Wildman–Crippen MR) is 102 cm³/mol. The van der Waals surface area contributed by atoms with Gasteiger partial charge in [0.15, 0.2) is 0 Å². The molecule has 0 amide bonds. The lowest BCUT2D eigenvalue weighted by molar-refractivity contribution is 0.0912. The number of benzene rings is 2. The lowest BCUT2D eigenvalue weighted by Gasteiger charge is -2.20. The van der Waals surface area contributed by atoms with Crippen LogP contribution in [0.15, 0.2) is 48.5 Å². The van der Waals surface area contributed by atoms with Gasteiger partial charge in [0.05, 0.1) is 27.8 Å². The van der Waals surface area contributed by atoms with Crippen molar-refractivity contribution in [2.45, 2.75) is 26.3 Å². The highest BCUT2D eigenvalue weighted by Gasteiger charge is 2.15. The Bertz CT molecular complexity index is 938. The van der Waals surface area contributed by atoms with Crippen LogP contribution in [-0.2, 0) is 7.05 Å². The fourth-order valence-corrected chi connectivity index (χ4v) is 3.59. The van der Waals surface area contributed by atoms with Crippen LogP contribution in [0.1, 0.15) is 25.6 Å². The third-order valence-corrected chi connectivity index (χ3v) is 4.84. The number of nitrogens with one attached hydrogen (secondary N) is 1. The van der Waals surface area contributed by atoms with Gasteiger partial charge < -0.3 is 5.32 Å². The van der Waals surface area contributed by atoms with Crippen molar-refractivity contribution in [3.63, 3.8) is 0 Å². The Balaban J connectivity index is 2.31. The zero-order valence-corrected chi connectivity index (χ0v) is 15.4. The Labute approximate surface area is 146 Å². The summed E-state index contributed by atoms with van der Waals surface area (Å²) in [5, 5.41) is 3.30. The fraction of sp³-hybridized carbons (Fsp3) is 0.316. The van der Waals surface area contributed by atoms with Gasteiger partial charge in [0, 0.05) is 12.6 Å². The third-order valence-electron chi connectivity index (χ3n) is 3.82. The van der Waals surface area contributed by atoms with Crippen molar-refractivity contribution in [3.8, 4) is 0 Å². The van der Waals surface area contributed by atoms with Gasteiger partial charge in [0.2, 0.25) is 5.91 Å². The van der Waals surface area contributed by atoms with Crippen LogP contribution in [-0.4, -0.2) is 26.5 Å². The second kappa shape index (κ2) is 6.42. The predicted octanol–water partition coefficient (Wildman–Crippen LogP) is 4.35. The molecular formula is C19H23N3OS. The van der Waals surface area contributed by atoms with Gasteiger partial charge in [0.1, 0.15) is 0 Å². The Kier molecular flexibility index (Phi) is 4.47. The highest BCUT2D eigenvalue weighted by molar-refractivity contribution is 7.13. The number of para-hydroxylation sites is 3. The molecule has 5 heteroatoms. The van der Waals surface area contributed by atoms with Crippen molar-refractivity contribution < 1.29 is 4.79 Å². The molecule has 3 aromatic rings. The van der Waals surface area contributed by atoms with E-state index >= 15 is 0 Å². The van der Waals surface area contributed by atoms with Crippen molar-refractivity contribution >= 4 is 38.7 Å². The lowest BCUT2D eigenvalue weighted by atomic mass is 10.1. The van der Waals surface area contributed by atoms with E-state index in [1.165, 1.54) is 0 Å². The van der Waals surface area contributed by atoms with E-state index in [1.807, 2.05) is 54.1 Å². The van der Waals surface area contributed by atoms with Crippen LogP contribution in [0.3, 0.4) is 0 Å². The first-order valence-corrected chi connectivity index (χ1v) is 8.82. The van der Waals surface area contributed by atoms with E-state index in [0.29, 0.717) is 6.54 Å². The summed E-state index contributed by atoms with van der Waals surface area (Å²) in [7, 11) is 2.03. The number of rotatable bonds is 2. The van der Waals surface area contributed by atoms with Gasteiger partial charge in [-0.15, -0.1) is 0 Å². The average Bonchev–Trinajstić information content (AvgIpc) is 2.66. The number of nitrogens with zero attached hydrogens (tertiary/aromatic N) is 2. The number of fused-ring (bicyclic) bond motifs is 2. The molecule has 2 aromatic carbocycles. The summed E-state index contributed by atoms with van der Waals surface area (Å²) in [5.74, 6) is 0.0423. The number of aryl methyl sites for hydroxylation is 1. The van der Waals surface area contributed by atoms with Crippen molar-refractivity contribution in [2.75, 3.05) is 6.54 Å². The van der Waals surface area contributed by atoms with E-state index in [1.54, 1.807) is 11.5 Å². The number of carbonyl (C=O) groups excluding carboxylic acids is 1. The van der Waals surface area contributed by atoms with Crippen LogP contribution in [0.25, 0.3) is 21.3 Å². The molecule has 0 aliphatic carbocycles. The quantitative estimate of drug-likeness (QED) is 0.753. The molecule has 1 N–H and O–H groups in total.